The second kappa shape index (κ2) is 4.67. The molecule has 1 aromatic rings. The van der Waals surface area contributed by atoms with Crippen molar-refractivity contribution in [2.24, 2.45) is 5.92 Å². The van der Waals surface area contributed by atoms with Gasteiger partial charge in [-0.2, -0.15) is 0 Å². The number of benzene rings is 1. The van der Waals surface area contributed by atoms with E-state index in [-0.39, 0.29) is 0 Å². The van der Waals surface area contributed by atoms with E-state index in [1.54, 1.807) is 0 Å². The fourth-order valence-corrected chi connectivity index (χ4v) is 2.27. The maximum absolute atomic E-state index is 3.55. The molecule has 0 bridgehead atoms. The summed E-state index contributed by atoms with van der Waals surface area (Å²) in [5.41, 5.74) is 4.21. The number of aryl methyl sites for hydroxylation is 1. The Kier molecular flexibility index (Phi) is 3.27. The van der Waals surface area contributed by atoms with Gasteiger partial charge in [0.1, 0.15) is 0 Å². The van der Waals surface area contributed by atoms with Crippen LogP contribution in [-0.4, -0.2) is 19.6 Å². The summed E-state index contributed by atoms with van der Waals surface area (Å²) in [4.78, 5) is 0. The zero-order valence-electron chi connectivity index (χ0n) is 9.64. The Morgan fingerprint density at radius 2 is 2.33 bits per heavy atom. The van der Waals surface area contributed by atoms with Gasteiger partial charge >= 0.3 is 0 Å². The van der Waals surface area contributed by atoms with Gasteiger partial charge in [-0.15, -0.1) is 0 Å². The van der Waals surface area contributed by atoms with Crippen LogP contribution in [0.4, 0.5) is 5.69 Å². The first-order chi connectivity index (χ1) is 7.31. The quantitative estimate of drug-likeness (QED) is 0.788. The first kappa shape index (κ1) is 10.5. The van der Waals surface area contributed by atoms with Crippen molar-refractivity contribution < 1.29 is 0 Å². The molecular formula is C13H20N2. The molecule has 0 aromatic heterocycles. The van der Waals surface area contributed by atoms with Gasteiger partial charge in [0.25, 0.3) is 0 Å². The predicted molar refractivity (Wildman–Crippen MR) is 65.4 cm³/mol. The molecule has 1 atom stereocenters. The van der Waals surface area contributed by atoms with Crippen molar-refractivity contribution in [3.63, 3.8) is 0 Å². The minimum Gasteiger partial charge on any atom is -0.384 e. The summed E-state index contributed by atoms with van der Waals surface area (Å²) >= 11 is 0. The number of hydrogen-bond acceptors (Lipinski definition) is 2. The van der Waals surface area contributed by atoms with Crippen LogP contribution in [0, 0.1) is 12.8 Å². The van der Waals surface area contributed by atoms with Crippen molar-refractivity contribution in [2.45, 2.75) is 20.3 Å². The normalized spacial score (nSPS) is 19.5. The summed E-state index contributed by atoms with van der Waals surface area (Å²) in [5, 5.41) is 6.97. The Balaban J connectivity index is 2.07. The molecule has 0 fully saturated rings. The van der Waals surface area contributed by atoms with Crippen LogP contribution in [-0.2, 0) is 6.42 Å². The van der Waals surface area contributed by atoms with E-state index in [1.165, 1.54) is 23.2 Å². The number of fused-ring (bicyclic) bond motifs is 1. The van der Waals surface area contributed by atoms with Crippen LogP contribution in [0.25, 0.3) is 0 Å². The zero-order chi connectivity index (χ0) is 10.7. The predicted octanol–water partition coefficient (Wildman–Crippen LogP) is 2.19. The fraction of sp³-hybridized carbons (Fsp3) is 0.538. The first-order valence-electron chi connectivity index (χ1n) is 5.84. The lowest BCUT2D eigenvalue weighted by Gasteiger charge is -2.27. The summed E-state index contributed by atoms with van der Waals surface area (Å²) in [6.07, 6.45) is 1.21. The molecule has 82 valence electrons. The van der Waals surface area contributed by atoms with E-state index in [0.717, 1.165) is 25.6 Å². The largest absolute Gasteiger partial charge is 0.384 e. The standard InChI is InChI=1S/C13H20N2/c1-3-14-8-11-7-12-6-4-5-10(2)13(12)15-9-11/h4-6,11,14-15H,3,7-9H2,1-2H3. The Morgan fingerprint density at radius 1 is 1.47 bits per heavy atom. The Morgan fingerprint density at radius 3 is 3.13 bits per heavy atom. The van der Waals surface area contributed by atoms with Gasteiger partial charge in [-0.05, 0) is 43.5 Å². The van der Waals surface area contributed by atoms with E-state index < -0.39 is 0 Å². The van der Waals surface area contributed by atoms with Crippen LogP contribution in [0.2, 0.25) is 0 Å². The Hall–Kier alpha value is -1.02. The first-order valence-corrected chi connectivity index (χ1v) is 5.84. The van der Waals surface area contributed by atoms with Crippen molar-refractivity contribution in [1.29, 1.82) is 0 Å². The minimum absolute atomic E-state index is 0.735. The lowest BCUT2D eigenvalue weighted by atomic mass is 9.92. The maximum Gasteiger partial charge on any atom is 0.0402 e. The van der Waals surface area contributed by atoms with Crippen molar-refractivity contribution in [1.82, 2.24) is 5.32 Å². The number of nitrogens with one attached hydrogen (secondary N) is 2. The number of para-hydroxylation sites is 1. The molecule has 1 aromatic carbocycles. The van der Waals surface area contributed by atoms with Crippen molar-refractivity contribution >= 4 is 5.69 Å². The molecule has 2 rings (SSSR count). The summed E-state index contributed by atoms with van der Waals surface area (Å²) in [6, 6.07) is 6.58. The third kappa shape index (κ3) is 2.32. The van der Waals surface area contributed by atoms with Crippen molar-refractivity contribution in [3.8, 4) is 0 Å². The molecule has 2 nitrogen and oxygen atoms in total. The topological polar surface area (TPSA) is 24.1 Å². The lowest BCUT2D eigenvalue weighted by Crippen LogP contribution is -2.32. The van der Waals surface area contributed by atoms with E-state index in [9.17, 15) is 0 Å². The molecule has 2 N–H and O–H groups in total. The molecule has 2 heteroatoms. The number of anilines is 1. The molecule has 0 amide bonds. The van der Waals surface area contributed by atoms with Crippen LogP contribution in [0.3, 0.4) is 0 Å². The summed E-state index contributed by atoms with van der Waals surface area (Å²) in [5.74, 6) is 0.735. The van der Waals surface area contributed by atoms with Crippen LogP contribution in [0.15, 0.2) is 18.2 Å². The molecule has 0 saturated heterocycles. The molecular weight excluding hydrogens is 184 g/mol. The Labute approximate surface area is 92.1 Å². The van der Waals surface area contributed by atoms with Gasteiger partial charge < -0.3 is 10.6 Å². The monoisotopic (exact) mass is 204 g/mol. The van der Waals surface area contributed by atoms with Gasteiger partial charge in [0.05, 0.1) is 0 Å². The van der Waals surface area contributed by atoms with Crippen molar-refractivity contribution in [2.75, 3.05) is 25.0 Å². The van der Waals surface area contributed by atoms with Crippen LogP contribution >= 0.6 is 0 Å². The molecule has 1 aliphatic rings. The minimum atomic E-state index is 0.735. The molecule has 1 unspecified atom stereocenters. The van der Waals surface area contributed by atoms with E-state index in [1.807, 2.05) is 0 Å². The van der Waals surface area contributed by atoms with Crippen LogP contribution in [0.5, 0.6) is 0 Å². The number of hydrogen-bond donors (Lipinski definition) is 2. The number of rotatable bonds is 3. The van der Waals surface area contributed by atoms with E-state index >= 15 is 0 Å². The zero-order valence-corrected chi connectivity index (χ0v) is 9.64. The SMILES string of the molecule is CCNCC1CNc2c(C)cccc2C1. The van der Waals surface area contributed by atoms with E-state index in [0.29, 0.717) is 0 Å². The molecule has 1 heterocycles. The smallest absolute Gasteiger partial charge is 0.0402 e. The summed E-state index contributed by atoms with van der Waals surface area (Å²) in [6.45, 7) is 7.63. The molecule has 0 saturated carbocycles. The van der Waals surface area contributed by atoms with Gasteiger partial charge in [0.15, 0.2) is 0 Å². The third-order valence-corrected chi connectivity index (χ3v) is 3.12. The molecule has 15 heavy (non-hydrogen) atoms. The van der Waals surface area contributed by atoms with E-state index in [4.69, 9.17) is 0 Å². The van der Waals surface area contributed by atoms with Gasteiger partial charge in [0.2, 0.25) is 0 Å². The average Bonchev–Trinajstić information content (AvgIpc) is 2.26. The Bertz CT molecular complexity index is 333. The lowest BCUT2D eigenvalue weighted by molar-refractivity contribution is 0.492. The van der Waals surface area contributed by atoms with Gasteiger partial charge in [-0.3, -0.25) is 0 Å². The third-order valence-electron chi connectivity index (χ3n) is 3.12. The highest BCUT2D eigenvalue weighted by Crippen LogP contribution is 2.27. The highest BCUT2D eigenvalue weighted by Gasteiger charge is 2.18. The highest BCUT2D eigenvalue weighted by atomic mass is 14.9. The van der Waals surface area contributed by atoms with Gasteiger partial charge in [-0.25, -0.2) is 0 Å². The van der Waals surface area contributed by atoms with E-state index in [2.05, 4.69) is 42.7 Å². The van der Waals surface area contributed by atoms with Crippen molar-refractivity contribution in [3.05, 3.63) is 29.3 Å². The summed E-state index contributed by atoms with van der Waals surface area (Å²) in [7, 11) is 0. The summed E-state index contributed by atoms with van der Waals surface area (Å²) < 4.78 is 0. The fourth-order valence-electron chi connectivity index (χ4n) is 2.27. The second-order valence-corrected chi connectivity index (χ2v) is 4.37. The van der Waals surface area contributed by atoms with Crippen LogP contribution in [0.1, 0.15) is 18.1 Å². The molecule has 0 aliphatic carbocycles. The van der Waals surface area contributed by atoms with Gasteiger partial charge in [-0.1, -0.05) is 25.1 Å². The molecule has 0 radical (unpaired) electrons. The average molecular weight is 204 g/mol. The highest BCUT2D eigenvalue weighted by molar-refractivity contribution is 5.58. The molecule has 0 spiro atoms. The molecule has 1 aliphatic heterocycles. The van der Waals surface area contributed by atoms with Crippen LogP contribution < -0.4 is 10.6 Å². The maximum atomic E-state index is 3.55. The van der Waals surface area contributed by atoms with Gasteiger partial charge in [0, 0.05) is 12.2 Å². The second-order valence-electron chi connectivity index (χ2n) is 4.37.